The average molecular weight is 509 g/mol. The molecule has 0 N–H and O–H groups in total. The number of hydrogen-bond acceptors (Lipinski definition) is 6. The fourth-order valence-corrected chi connectivity index (χ4v) is 6.05. The summed E-state index contributed by atoms with van der Waals surface area (Å²) in [6, 6.07) is 0. The van der Waals surface area contributed by atoms with Crippen LogP contribution in [0.4, 0.5) is 0 Å². The maximum Gasteiger partial charge on any atom is 0.641 e. The second-order valence-corrected chi connectivity index (χ2v) is 11.7. The van der Waals surface area contributed by atoms with Gasteiger partial charge in [0.15, 0.2) is 0 Å². The van der Waals surface area contributed by atoms with Gasteiger partial charge in [0.1, 0.15) is 0 Å². The Morgan fingerprint density at radius 3 is 1.38 bits per heavy atom. The first-order valence-corrected chi connectivity index (χ1v) is 16.0. The lowest BCUT2D eigenvalue weighted by Gasteiger charge is -2.27. The van der Waals surface area contributed by atoms with Gasteiger partial charge >= 0.3 is 7.32 Å². The number of hydrogen-bond donors (Lipinski definition) is 1. The minimum atomic E-state index is -0.654. The standard InChI is InChI=1S/C25H53BO3S3/c1-8-15-17-21(10-3)19-31-24(13-6)28-26(27-23(30)12-5)29-25(14-7)32-20-22(11-4)18-16-9-2/h21-25,30H,8-20H2,1-7H3. The van der Waals surface area contributed by atoms with Crippen molar-refractivity contribution in [3.05, 3.63) is 0 Å². The SMILES string of the molecule is CCCCC(CC)CSC(CC)OB(OC(S)CC)OC(CC)SCC(CC)CCCC. The molecule has 5 unspecified atom stereocenters. The molecule has 3 nitrogen and oxygen atoms in total. The Balaban J connectivity index is 4.88. The first kappa shape index (κ1) is 33.0. The highest BCUT2D eigenvalue weighted by atomic mass is 32.2. The van der Waals surface area contributed by atoms with E-state index in [4.69, 9.17) is 14.0 Å². The van der Waals surface area contributed by atoms with Crippen LogP contribution in [0.3, 0.4) is 0 Å². The summed E-state index contributed by atoms with van der Waals surface area (Å²) in [4.78, 5) is 0. The zero-order valence-corrected chi connectivity index (χ0v) is 24.7. The van der Waals surface area contributed by atoms with Crippen molar-refractivity contribution in [1.82, 2.24) is 0 Å². The molecule has 7 heteroatoms. The van der Waals surface area contributed by atoms with Crippen molar-refractivity contribution < 1.29 is 14.0 Å². The molecule has 0 saturated carbocycles. The summed E-state index contributed by atoms with van der Waals surface area (Å²) in [7, 11) is -0.654. The number of thioether (sulfide) groups is 2. The molecule has 0 aliphatic heterocycles. The van der Waals surface area contributed by atoms with Gasteiger partial charge in [-0.1, -0.05) is 87.0 Å². The summed E-state index contributed by atoms with van der Waals surface area (Å²) in [5.41, 5.74) is -0.00191. The highest BCUT2D eigenvalue weighted by Crippen LogP contribution is 2.28. The Bertz CT molecular complexity index is 377. The first-order valence-electron chi connectivity index (χ1n) is 13.3. The third-order valence-corrected chi connectivity index (χ3v) is 9.38. The van der Waals surface area contributed by atoms with Crippen LogP contribution in [-0.4, -0.2) is 35.1 Å². The van der Waals surface area contributed by atoms with Crippen LogP contribution in [0.25, 0.3) is 0 Å². The molecule has 0 heterocycles. The second kappa shape index (κ2) is 22.5. The van der Waals surface area contributed by atoms with E-state index in [1.54, 1.807) is 0 Å². The molecule has 0 aromatic carbocycles. The molecule has 0 saturated heterocycles. The van der Waals surface area contributed by atoms with Gasteiger partial charge in [-0.05, 0) is 55.4 Å². The van der Waals surface area contributed by atoms with Crippen LogP contribution >= 0.6 is 36.2 Å². The highest BCUT2D eigenvalue weighted by molar-refractivity contribution is 8.00. The monoisotopic (exact) mass is 508 g/mol. The number of unbranched alkanes of at least 4 members (excludes halogenated alkanes) is 2. The largest absolute Gasteiger partial charge is 0.641 e. The molecule has 0 aliphatic carbocycles. The molecule has 0 radical (unpaired) electrons. The first-order chi connectivity index (χ1) is 15.5. The molecule has 0 aliphatic rings. The van der Waals surface area contributed by atoms with Crippen molar-refractivity contribution in [2.75, 3.05) is 11.5 Å². The lowest BCUT2D eigenvalue weighted by molar-refractivity contribution is 0.0669. The molecule has 5 atom stereocenters. The van der Waals surface area contributed by atoms with Crippen LogP contribution in [-0.2, 0) is 14.0 Å². The topological polar surface area (TPSA) is 27.7 Å². The van der Waals surface area contributed by atoms with Crippen LogP contribution in [0.1, 0.15) is 119 Å². The molecular weight excluding hydrogens is 455 g/mol. The van der Waals surface area contributed by atoms with E-state index in [-0.39, 0.29) is 16.3 Å². The zero-order valence-electron chi connectivity index (χ0n) is 22.1. The predicted octanol–water partition coefficient (Wildman–Crippen LogP) is 9.06. The predicted molar refractivity (Wildman–Crippen MR) is 152 cm³/mol. The summed E-state index contributed by atoms with van der Waals surface area (Å²) in [6.45, 7) is 15.6. The third kappa shape index (κ3) is 16.6. The van der Waals surface area contributed by atoms with E-state index in [9.17, 15) is 0 Å². The fraction of sp³-hybridized carbons (Fsp3) is 1.00. The molecule has 0 aromatic rings. The summed E-state index contributed by atoms with van der Waals surface area (Å²) in [5.74, 6) is 3.81. The third-order valence-electron chi connectivity index (χ3n) is 5.93. The van der Waals surface area contributed by atoms with Crippen molar-refractivity contribution in [3.8, 4) is 0 Å². The normalized spacial score (nSPS) is 16.5. The Labute approximate surface area is 215 Å². The van der Waals surface area contributed by atoms with E-state index in [0.29, 0.717) is 0 Å². The molecule has 0 rings (SSSR count). The maximum atomic E-state index is 6.36. The van der Waals surface area contributed by atoms with Crippen LogP contribution < -0.4 is 0 Å². The summed E-state index contributed by atoms with van der Waals surface area (Å²) in [5, 5.41) is 0. The van der Waals surface area contributed by atoms with Gasteiger partial charge < -0.3 is 14.0 Å². The van der Waals surface area contributed by atoms with Gasteiger partial charge in [-0.2, -0.15) is 0 Å². The van der Waals surface area contributed by atoms with Crippen LogP contribution in [0.15, 0.2) is 0 Å². The van der Waals surface area contributed by atoms with E-state index >= 15 is 0 Å². The van der Waals surface area contributed by atoms with Gasteiger partial charge in [-0.15, -0.1) is 36.2 Å². The molecule has 0 bridgehead atoms. The van der Waals surface area contributed by atoms with Crippen LogP contribution in [0, 0.1) is 11.8 Å². The maximum absolute atomic E-state index is 6.36. The van der Waals surface area contributed by atoms with Gasteiger partial charge in [0.25, 0.3) is 0 Å². The van der Waals surface area contributed by atoms with Crippen LogP contribution in [0.2, 0.25) is 0 Å². The Kier molecular flexibility index (Phi) is 23.2. The van der Waals surface area contributed by atoms with E-state index in [1.807, 2.05) is 23.5 Å². The second-order valence-electron chi connectivity index (χ2n) is 8.74. The van der Waals surface area contributed by atoms with Gasteiger partial charge in [-0.3, -0.25) is 0 Å². The van der Waals surface area contributed by atoms with E-state index in [2.05, 4.69) is 61.1 Å². The molecular formula is C25H53BO3S3. The molecule has 0 aromatic heterocycles. The van der Waals surface area contributed by atoms with Crippen molar-refractivity contribution >= 4 is 43.5 Å². The van der Waals surface area contributed by atoms with Crippen molar-refractivity contribution in [2.24, 2.45) is 11.8 Å². The lowest BCUT2D eigenvalue weighted by Crippen LogP contribution is -2.36. The lowest BCUT2D eigenvalue weighted by atomic mass is 10.0. The quantitative estimate of drug-likeness (QED) is 0.0844. The minimum absolute atomic E-state index is 0.0866. The van der Waals surface area contributed by atoms with Crippen LogP contribution in [0.5, 0.6) is 0 Å². The summed E-state index contributed by atoms with van der Waals surface area (Å²) >= 11 is 8.39. The molecule has 0 fully saturated rings. The van der Waals surface area contributed by atoms with E-state index in [0.717, 1.165) is 42.6 Å². The Morgan fingerprint density at radius 2 is 1.06 bits per heavy atom. The average Bonchev–Trinajstić information content (AvgIpc) is 2.81. The van der Waals surface area contributed by atoms with Gasteiger partial charge in [0.05, 0.1) is 16.3 Å². The molecule has 0 spiro atoms. The van der Waals surface area contributed by atoms with E-state index < -0.39 is 7.32 Å². The smallest absolute Gasteiger partial charge is 0.374 e. The summed E-state index contributed by atoms with van der Waals surface area (Å²) < 4.78 is 18.8. The van der Waals surface area contributed by atoms with Gasteiger partial charge in [0, 0.05) is 0 Å². The summed E-state index contributed by atoms with van der Waals surface area (Å²) in [6.07, 6.45) is 13.0. The zero-order chi connectivity index (χ0) is 24.2. The number of rotatable bonds is 23. The van der Waals surface area contributed by atoms with Crippen molar-refractivity contribution in [1.29, 1.82) is 0 Å². The van der Waals surface area contributed by atoms with Gasteiger partial charge in [0.2, 0.25) is 0 Å². The Morgan fingerprint density at radius 1 is 0.625 bits per heavy atom. The Hall–Kier alpha value is 0.995. The highest BCUT2D eigenvalue weighted by Gasteiger charge is 2.31. The fourth-order valence-electron chi connectivity index (χ4n) is 3.36. The van der Waals surface area contributed by atoms with Crippen molar-refractivity contribution in [3.63, 3.8) is 0 Å². The molecule has 32 heavy (non-hydrogen) atoms. The molecule has 0 amide bonds. The van der Waals surface area contributed by atoms with Crippen molar-refractivity contribution in [2.45, 2.75) is 135 Å². The van der Waals surface area contributed by atoms with E-state index in [1.165, 1.54) is 51.4 Å². The number of thiol groups is 1. The minimum Gasteiger partial charge on any atom is -0.374 e. The van der Waals surface area contributed by atoms with Gasteiger partial charge in [-0.25, -0.2) is 0 Å². The molecule has 192 valence electrons.